The number of rotatable bonds is 6. The van der Waals surface area contributed by atoms with Gasteiger partial charge in [0.05, 0.1) is 18.3 Å². The Balaban J connectivity index is 1.60. The van der Waals surface area contributed by atoms with Gasteiger partial charge in [-0.1, -0.05) is 30.3 Å². The molecule has 0 aliphatic heterocycles. The molecule has 1 amide bonds. The van der Waals surface area contributed by atoms with Crippen LogP contribution in [0.5, 0.6) is 5.75 Å². The van der Waals surface area contributed by atoms with Crippen molar-refractivity contribution < 1.29 is 19.4 Å². The van der Waals surface area contributed by atoms with E-state index in [9.17, 15) is 14.7 Å². The molecule has 3 N–H and O–H groups in total. The van der Waals surface area contributed by atoms with Crippen molar-refractivity contribution in [2.24, 2.45) is 0 Å². The Kier molecular flexibility index (Phi) is 5.34. The van der Waals surface area contributed by atoms with E-state index < -0.39 is 17.9 Å². The van der Waals surface area contributed by atoms with Gasteiger partial charge in [0.15, 0.2) is 0 Å². The van der Waals surface area contributed by atoms with Crippen molar-refractivity contribution in [1.29, 1.82) is 0 Å². The molecule has 2 aromatic heterocycles. The first kappa shape index (κ1) is 19.4. The third-order valence-electron chi connectivity index (χ3n) is 4.88. The van der Waals surface area contributed by atoms with Crippen molar-refractivity contribution in [2.45, 2.75) is 19.4 Å². The molecule has 0 radical (unpaired) electrons. The van der Waals surface area contributed by atoms with Crippen LogP contribution in [0, 0.1) is 0 Å². The van der Waals surface area contributed by atoms with Crippen LogP contribution in [0.4, 0.5) is 0 Å². The maximum atomic E-state index is 12.9. The number of hydrogen-bond donors (Lipinski definition) is 3. The Morgan fingerprint density at radius 3 is 2.63 bits per heavy atom. The molecular weight excluding hydrogens is 382 g/mol. The Bertz CT molecular complexity index is 1210. The zero-order valence-electron chi connectivity index (χ0n) is 16.4. The molecule has 0 aliphatic rings. The second-order valence-electron chi connectivity index (χ2n) is 6.93. The number of H-pyrrole nitrogens is 1. The van der Waals surface area contributed by atoms with Crippen LogP contribution in [0.1, 0.15) is 23.0 Å². The molecule has 4 aromatic rings. The summed E-state index contributed by atoms with van der Waals surface area (Å²) >= 11 is 0. The molecule has 152 valence electrons. The van der Waals surface area contributed by atoms with Crippen LogP contribution in [-0.4, -0.2) is 39.6 Å². The minimum atomic E-state index is -0.873. The molecule has 0 fully saturated rings. The van der Waals surface area contributed by atoms with Crippen LogP contribution >= 0.6 is 0 Å². The molecule has 0 saturated heterocycles. The van der Waals surface area contributed by atoms with E-state index >= 15 is 0 Å². The topological polar surface area (TPSA) is 104 Å². The van der Waals surface area contributed by atoms with Gasteiger partial charge >= 0.3 is 5.97 Å². The van der Waals surface area contributed by atoms with Crippen molar-refractivity contribution in [3.8, 4) is 5.75 Å². The zero-order valence-corrected chi connectivity index (χ0v) is 16.4. The van der Waals surface area contributed by atoms with Gasteiger partial charge in [0.2, 0.25) is 0 Å². The van der Waals surface area contributed by atoms with Gasteiger partial charge in [-0.3, -0.25) is 4.79 Å². The van der Waals surface area contributed by atoms with Crippen molar-refractivity contribution >= 4 is 33.7 Å². The van der Waals surface area contributed by atoms with Crippen molar-refractivity contribution in [3.63, 3.8) is 0 Å². The van der Waals surface area contributed by atoms with Crippen LogP contribution in [0.3, 0.4) is 0 Å². The van der Waals surface area contributed by atoms with Gasteiger partial charge in [0, 0.05) is 22.7 Å². The first-order chi connectivity index (χ1) is 14.5. The molecule has 2 heterocycles. The third-order valence-corrected chi connectivity index (χ3v) is 4.88. The molecule has 0 aliphatic carbocycles. The number of fused-ring (bicyclic) bond motifs is 3. The lowest BCUT2D eigenvalue weighted by atomic mass is 10.1. The molecule has 7 heteroatoms. The van der Waals surface area contributed by atoms with Crippen LogP contribution in [0.15, 0.2) is 60.8 Å². The fourth-order valence-corrected chi connectivity index (χ4v) is 3.41. The average molecular weight is 403 g/mol. The first-order valence-corrected chi connectivity index (χ1v) is 9.67. The number of phenols is 1. The highest BCUT2D eigenvalue weighted by molar-refractivity contribution is 6.09. The summed E-state index contributed by atoms with van der Waals surface area (Å²) in [5.41, 5.74) is 2.79. The molecule has 0 saturated carbocycles. The normalized spacial score (nSPS) is 12.0. The predicted molar refractivity (Wildman–Crippen MR) is 113 cm³/mol. The quantitative estimate of drug-likeness (QED) is 0.429. The number of para-hydroxylation sites is 1. The number of nitrogens with one attached hydrogen (secondary N) is 2. The number of aromatic nitrogens is 2. The number of phenolic OH excluding ortho intramolecular Hbond substituents is 1. The minimum Gasteiger partial charge on any atom is -0.508 e. The third kappa shape index (κ3) is 3.96. The summed E-state index contributed by atoms with van der Waals surface area (Å²) in [4.78, 5) is 32.8. The maximum absolute atomic E-state index is 12.9. The summed E-state index contributed by atoms with van der Waals surface area (Å²) in [6.07, 6.45) is 1.85. The van der Waals surface area contributed by atoms with E-state index in [2.05, 4.69) is 15.3 Å². The van der Waals surface area contributed by atoms with E-state index in [0.29, 0.717) is 0 Å². The average Bonchev–Trinajstić information content (AvgIpc) is 3.13. The molecule has 7 nitrogen and oxygen atoms in total. The highest BCUT2D eigenvalue weighted by Gasteiger charge is 2.24. The number of aromatic amines is 1. The number of aromatic hydroxyl groups is 1. The lowest BCUT2D eigenvalue weighted by Gasteiger charge is -2.17. The summed E-state index contributed by atoms with van der Waals surface area (Å²) in [6, 6.07) is 15.1. The second kappa shape index (κ2) is 8.24. The van der Waals surface area contributed by atoms with Gasteiger partial charge in [-0.25, -0.2) is 9.78 Å². The molecule has 0 bridgehead atoms. The smallest absolute Gasteiger partial charge is 0.328 e. The summed E-state index contributed by atoms with van der Waals surface area (Å²) in [5, 5.41) is 14.1. The Morgan fingerprint density at radius 2 is 1.87 bits per heavy atom. The van der Waals surface area contributed by atoms with Crippen LogP contribution < -0.4 is 5.32 Å². The predicted octanol–water partition coefficient (Wildman–Crippen LogP) is 3.33. The number of nitrogens with zero attached hydrogens (tertiary/aromatic N) is 1. The fraction of sp³-hybridized carbons (Fsp3) is 0.174. The number of esters is 1. The standard InChI is InChI=1S/C23H21N3O4/c1-2-30-23(29)20(11-14-7-9-15(27)10-8-14)26-22(28)19-12-17-16-5-3-4-6-18(16)25-21(17)13-24-19/h3-10,12-13,20,25,27H,2,11H2,1H3,(H,26,28)/t20-/m0/s1. The van der Waals surface area contributed by atoms with Gasteiger partial charge < -0.3 is 20.1 Å². The number of pyridine rings is 1. The maximum Gasteiger partial charge on any atom is 0.328 e. The highest BCUT2D eigenvalue weighted by Crippen LogP contribution is 2.25. The number of carbonyl (C=O) groups excluding carboxylic acids is 2. The Hall–Kier alpha value is -3.87. The van der Waals surface area contributed by atoms with E-state index in [1.165, 1.54) is 12.1 Å². The van der Waals surface area contributed by atoms with E-state index in [-0.39, 0.29) is 24.5 Å². The van der Waals surface area contributed by atoms with E-state index in [1.807, 2.05) is 24.3 Å². The number of benzene rings is 2. The number of hydrogen-bond acceptors (Lipinski definition) is 5. The number of carbonyl (C=O) groups is 2. The SMILES string of the molecule is CCOC(=O)[C@H](Cc1ccc(O)cc1)NC(=O)c1cc2c(cn1)[nH]c1ccccc12. The van der Waals surface area contributed by atoms with Crippen LogP contribution in [0.2, 0.25) is 0 Å². The zero-order chi connectivity index (χ0) is 21.1. The van der Waals surface area contributed by atoms with Gasteiger partial charge in [0.25, 0.3) is 5.91 Å². The first-order valence-electron chi connectivity index (χ1n) is 9.67. The molecule has 1 atom stereocenters. The second-order valence-corrected chi connectivity index (χ2v) is 6.93. The Labute approximate surface area is 172 Å². The van der Waals surface area contributed by atoms with Crippen molar-refractivity contribution in [1.82, 2.24) is 15.3 Å². The van der Waals surface area contributed by atoms with Gasteiger partial charge in [-0.2, -0.15) is 0 Å². The summed E-state index contributed by atoms with van der Waals surface area (Å²) in [7, 11) is 0. The Morgan fingerprint density at radius 1 is 1.10 bits per heavy atom. The van der Waals surface area contributed by atoms with E-state index in [0.717, 1.165) is 27.4 Å². The summed E-state index contributed by atoms with van der Waals surface area (Å²) < 4.78 is 5.12. The van der Waals surface area contributed by atoms with Crippen LogP contribution in [-0.2, 0) is 16.0 Å². The van der Waals surface area contributed by atoms with Crippen molar-refractivity contribution in [3.05, 3.63) is 72.1 Å². The number of amides is 1. The van der Waals surface area contributed by atoms with Gasteiger partial charge in [-0.15, -0.1) is 0 Å². The summed E-state index contributed by atoms with van der Waals surface area (Å²) in [5.74, 6) is -0.849. The largest absolute Gasteiger partial charge is 0.508 e. The number of ether oxygens (including phenoxy) is 1. The lowest BCUT2D eigenvalue weighted by Crippen LogP contribution is -2.43. The molecule has 0 spiro atoms. The van der Waals surface area contributed by atoms with Crippen LogP contribution in [0.25, 0.3) is 21.8 Å². The van der Waals surface area contributed by atoms with E-state index in [4.69, 9.17) is 4.74 Å². The lowest BCUT2D eigenvalue weighted by molar-refractivity contribution is -0.145. The molecule has 30 heavy (non-hydrogen) atoms. The molecule has 0 unspecified atom stereocenters. The van der Waals surface area contributed by atoms with Gasteiger partial charge in [-0.05, 0) is 36.8 Å². The summed E-state index contributed by atoms with van der Waals surface area (Å²) in [6.45, 7) is 1.92. The highest BCUT2D eigenvalue weighted by atomic mass is 16.5. The minimum absolute atomic E-state index is 0.131. The van der Waals surface area contributed by atoms with Crippen molar-refractivity contribution in [2.75, 3.05) is 6.61 Å². The molecule has 2 aromatic carbocycles. The monoisotopic (exact) mass is 403 g/mol. The fourth-order valence-electron chi connectivity index (χ4n) is 3.41. The molecular formula is C23H21N3O4. The van der Waals surface area contributed by atoms with Gasteiger partial charge in [0.1, 0.15) is 17.5 Å². The molecule has 4 rings (SSSR count). The van der Waals surface area contributed by atoms with E-state index in [1.54, 1.807) is 31.3 Å².